The molecule has 0 rings (SSSR count). The SMILES string of the molecule is [Cu].[SbH3].[SnH2].[Zn]. The van der Waals surface area contributed by atoms with E-state index >= 15 is 0 Å². The van der Waals surface area contributed by atoms with Crippen molar-refractivity contribution in [1.82, 2.24) is 0 Å². The third-order valence-electron chi connectivity index (χ3n) is 0. The Bertz CT molecular complexity index is 8.00. The Balaban J connectivity index is 0. The molecule has 0 aromatic carbocycles. The van der Waals surface area contributed by atoms with Crippen molar-refractivity contribution < 1.29 is 36.5 Å². The molecule has 0 saturated carbocycles. The third kappa shape index (κ3) is 8.83. The zero-order valence-electron chi connectivity index (χ0n) is 2.42. The van der Waals surface area contributed by atoms with Crippen LogP contribution in [-0.4, -0.2) is 48.3 Å². The zero-order valence-corrected chi connectivity index (χ0v) is 14.4. The summed E-state index contributed by atoms with van der Waals surface area (Å²) < 4.78 is 0. The van der Waals surface area contributed by atoms with Crippen molar-refractivity contribution >= 4 is 48.3 Å². The van der Waals surface area contributed by atoms with Crippen LogP contribution >= 0.6 is 0 Å². The summed E-state index contributed by atoms with van der Waals surface area (Å²) in [5, 5.41) is 0. The monoisotopic (exact) mass is 373 g/mol. The van der Waals surface area contributed by atoms with Gasteiger partial charge in [-0.3, -0.25) is 0 Å². The number of hydrogen-bond donors (Lipinski definition) is 0. The van der Waals surface area contributed by atoms with Gasteiger partial charge in [0.25, 0.3) is 0 Å². The summed E-state index contributed by atoms with van der Waals surface area (Å²) in [4.78, 5) is 0. The molecule has 3 radical (unpaired) electrons. The second-order valence-electron chi connectivity index (χ2n) is 0. The molecule has 0 aromatic heterocycles. The third-order valence-corrected chi connectivity index (χ3v) is 0. The molecule has 0 heterocycles. The first-order valence-electron chi connectivity index (χ1n) is 0. The predicted molar refractivity (Wildman–Crippen MR) is 18.5 cm³/mol. The van der Waals surface area contributed by atoms with E-state index in [-0.39, 0.29) is 84.9 Å². The molecule has 0 fully saturated rings. The van der Waals surface area contributed by atoms with Gasteiger partial charge in [0.2, 0.25) is 0 Å². The van der Waals surface area contributed by atoms with Crippen LogP contribution in [0.3, 0.4) is 0 Å². The fraction of sp³-hybridized carbons (Fsp3) is 0. The average molecular weight is 374 g/mol. The molecule has 27 valence electrons. The van der Waals surface area contributed by atoms with Crippen molar-refractivity contribution in [3.05, 3.63) is 0 Å². The van der Waals surface area contributed by atoms with E-state index < -0.39 is 0 Å². The van der Waals surface area contributed by atoms with Gasteiger partial charge in [0.15, 0.2) is 0 Å². The summed E-state index contributed by atoms with van der Waals surface area (Å²) in [6.45, 7) is 0. The maximum Gasteiger partial charge on any atom is 0 e. The van der Waals surface area contributed by atoms with Crippen molar-refractivity contribution in [1.29, 1.82) is 0 Å². The van der Waals surface area contributed by atoms with Gasteiger partial charge in [-0.15, -0.1) is 0 Å². The average Bonchev–Trinajstić information content (AvgIpc) is 0. The minimum absolute atomic E-state index is 0. The van der Waals surface area contributed by atoms with Crippen LogP contribution in [0.1, 0.15) is 0 Å². The van der Waals surface area contributed by atoms with Crippen molar-refractivity contribution in [2.24, 2.45) is 0 Å². The van der Waals surface area contributed by atoms with Crippen LogP contribution in [0.4, 0.5) is 0 Å². The van der Waals surface area contributed by atoms with Crippen molar-refractivity contribution in [2.45, 2.75) is 0 Å². The van der Waals surface area contributed by atoms with Gasteiger partial charge < -0.3 is 0 Å². The Morgan fingerprint density at radius 1 is 1.00 bits per heavy atom. The van der Waals surface area contributed by atoms with Gasteiger partial charge in [-0.25, -0.2) is 0 Å². The van der Waals surface area contributed by atoms with Crippen molar-refractivity contribution in [2.75, 3.05) is 0 Å². The molecular formula is H5CuSbSnZn. The van der Waals surface area contributed by atoms with E-state index in [1.807, 2.05) is 0 Å². The van der Waals surface area contributed by atoms with E-state index in [4.69, 9.17) is 0 Å². The van der Waals surface area contributed by atoms with Gasteiger partial charge in [-0.05, 0) is 0 Å². The Hall–Kier alpha value is 2.76. The molecule has 4 heteroatoms. The second kappa shape index (κ2) is 17.1. The molecule has 0 unspecified atom stereocenters. The molecule has 0 bridgehead atoms. The van der Waals surface area contributed by atoms with Gasteiger partial charge in [0.1, 0.15) is 0 Å². The van der Waals surface area contributed by atoms with E-state index in [2.05, 4.69) is 0 Å². The fourth-order valence-electron chi connectivity index (χ4n) is 0. The van der Waals surface area contributed by atoms with Crippen LogP contribution in [0.2, 0.25) is 0 Å². The number of hydrogen-bond acceptors (Lipinski definition) is 0. The quantitative estimate of drug-likeness (QED) is 0.426. The van der Waals surface area contributed by atoms with E-state index in [1.54, 1.807) is 0 Å². The Labute approximate surface area is 83.5 Å². The second-order valence-corrected chi connectivity index (χ2v) is 0. The topological polar surface area (TPSA) is 0 Å². The van der Waals surface area contributed by atoms with Crippen LogP contribution in [0.15, 0.2) is 0 Å². The van der Waals surface area contributed by atoms with Crippen molar-refractivity contribution in [3.8, 4) is 0 Å². The summed E-state index contributed by atoms with van der Waals surface area (Å²) in [6.07, 6.45) is 0. The van der Waals surface area contributed by atoms with E-state index in [1.165, 1.54) is 0 Å². The van der Waals surface area contributed by atoms with Gasteiger partial charge in [0.05, 0.1) is 0 Å². The molecule has 0 amide bonds. The van der Waals surface area contributed by atoms with Crippen LogP contribution < -0.4 is 0 Å². The predicted octanol–water partition coefficient (Wildman–Crippen LogP) is -2.11. The van der Waals surface area contributed by atoms with Gasteiger partial charge >= 0.3 is 48.3 Å². The molecule has 0 aromatic rings. The zero-order chi connectivity index (χ0) is 0. The summed E-state index contributed by atoms with van der Waals surface area (Å²) in [5.74, 6) is 0. The van der Waals surface area contributed by atoms with Crippen LogP contribution in [0.5, 0.6) is 0 Å². The Morgan fingerprint density at radius 2 is 1.00 bits per heavy atom. The number of rotatable bonds is 0. The first-order chi connectivity index (χ1) is 0. The molecule has 0 aliphatic carbocycles. The van der Waals surface area contributed by atoms with E-state index in [0.29, 0.717) is 0 Å². The summed E-state index contributed by atoms with van der Waals surface area (Å²) >= 11 is 0. The molecule has 0 atom stereocenters. The summed E-state index contributed by atoms with van der Waals surface area (Å²) in [5.41, 5.74) is 0. The Morgan fingerprint density at radius 3 is 1.00 bits per heavy atom. The van der Waals surface area contributed by atoms with E-state index in [9.17, 15) is 0 Å². The Kier molecular flexibility index (Phi) is 126. The minimum atomic E-state index is 0. The first-order valence-corrected chi connectivity index (χ1v) is 0. The first kappa shape index (κ1) is 29.4. The van der Waals surface area contributed by atoms with Gasteiger partial charge in [-0.1, -0.05) is 0 Å². The molecule has 0 N–H and O–H groups in total. The van der Waals surface area contributed by atoms with Crippen LogP contribution in [0, 0.1) is 0 Å². The van der Waals surface area contributed by atoms with Gasteiger partial charge in [0, 0.05) is 36.5 Å². The summed E-state index contributed by atoms with van der Waals surface area (Å²) in [6, 6.07) is 0. The van der Waals surface area contributed by atoms with Gasteiger partial charge in [-0.2, -0.15) is 0 Å². The van der Waals surface area contributed by atoms with Crippen LogP contribution in [0.25, 0.3) is 0 Å². The maximum absolute atomic E-state index is 0. The fourth-order valence-corrected chi connectivity index (χ4v) is 0. The largest absolute Gasteiger partial charge is 0 e. The maximum atomic E-state index is 0. The van der Waals surface area contributed by atoms with Crippen LogP contribution in [-0.2, 0) is 36.5 Å². The molecule has 0 spiro atoms. The normalized spacial score (nSPS) is 0. The molecule has 0 aliphatic heterocycles. The standard InChI is InChI=1S/Cu.Sb.Sn.Zn.5H. The smallest absolute Gasteiger partial charge is 0 e. The molecular weight excluding hydrogens is 369 g/mol. The molecule has 4 heavy (non-hydrogen) atoms. The molecule has 0 aliphatic rings. The summed E-state index contributed by atoms with van der Waals surface area (Å²) in [7, 11) is 0. The molecule has 0 nitrogen and oxygen atoms in total. The van der Waals surface area contributed by atoms with E-state index in [0.717, 1.165) is 0 Å². The minimum Gasteiger partial charge on any atom is 0 e. The van der Waals surface area contributed by atoms with Crippen molar-refractivity contribution in [3.63, 3.8) is 0 Å². The molecule has 0 saturated heterocycles.